The van der Waals surface area contributed by atoms with Gasteiger partial charge in [-0.15, -0.1) is 0 Å². The van der Waals surface area contributed by atoms with Crippen LogP contribution in [0.3, 0.4) is 0 Å². The van der Waals surface area contributed by atoms with Crippen molar-refractivity contribution in [2.45, 2.75) is 30.3 Å². The molecule has 6 nitrogen and oxygen atoms in total. The summed E-state index contributed by atoms with van der Waals surface area (Å²) in [7, 11) is 0.217. The molecule has 1 fully saturated rings. The van der Waals surface area contributed by atoms with Gasteiger partial charge >= 0.3 is 0 Å². The van der Waals surface area contributed by atoms with E-state index in [1.165, 1.54) is 10.4 Å². The average Bonchev–Trinajstić information content (AvgIpc) is 2.88. The fourth-order valence-corrected chi connectivity index (χ4v) is 5.84. The Morgan fingerprint density at radius 3 is 2.12 bits per heavy atom. The summed E-state index contributed by atoms with van der Waals surface area (Å²) in [6, 6.07) is 25.4. The minimum Gasteiger partial charge on any atom is -0.339 e. The van der Waals surface area contributed by atoms with Crippen molar-refractivity contribution in [3.05, 3.63) is 96.1 Å². The lowest BCUT2D eigenvalue weighted by Gasteiger charge is -2.35. The van der Waals surface area contributed by atoms with Crippen molar-refractivity contribution < 1.29 is 13.2 Å². The van der Waals surface area contributed by atoms with E-state index in [2.05, 4.69) is 19.0 Å². The van der Waals surface area contributed by atoms with Crippen LogP contribution in [0.25, 0.3) is 0 Å². The van der Waals surface area contributed by atoms with Crippen molar-refractivity contribution in [2.24, 2.45) is 0 Å². The molecule has 7 heteroatoms. The molecule has 1 heterocycles. The average molecular weight is 478 g/mol. The molecule has 0 spiro atoms. The van der Waals surface area contributed by atoms with E-state index >= 15 is 0 Å². The molecule has 0 unspecified atom stereocenters. The van der Waals surface area contributed by atoms with Crippen LogP contribution in [0.5, 0.6) is 0 Å². The SMILES string of the molecule is CN(C)C1CCN(C(=O)c2cccc(S(=O)(=O)N(Cc3ccccc3)c3ccccc3)c2)CC1. The van der Waals surface area contributed by atoms with Crippen molar-refractivity contribution in [2.75, 3.05) is 31.5 Å². The Bertz CT molecular complexity index is 1210. The fraction of sp³-hybridized carbons (Fsp3) is 0.296. The van der Waals surface area contributed by atoms with Crippen LogP contribution in [0.15, 0.2) is 89.8 Å². The van der Waals surface area contributed by atoms with Crippen LogP contribution in [0.4, 0.5) is 5.69 Å². The fourth-order valence-electron chi connectivity index (χ4n) is 4.34. The third-order valence-electron chi connectivity index (χ3n) is 6.36. The summed E-state index contributed by atoms with van der Waals surface area (Å²) < 4.78 is 29.0. The highest BCUT2D eigenvalue weighted by atomic mass is 32.2. The van der Waals surface area contributed by atoms with Gasteiger partial charge in [-0.3, -0.25) is 9.10 Å². The molecule has 0 atom stereocenters. The smallest absolute Gasteiger partial charge is 0.264 e. The van der Waals surface area contributed by atoms with Gasteiger partial charge in [0.1, 0.15) is 0 Å². The van der Waals surface area contributed by atoms with Gasteiger partial charge in [0.15, 0.2) is 0 Å². The van der Waals surface area contributed by atoms with Gasteiger partial charge in [0.25, 0.3) is 15.9 Å². The molecule has 1 aliphatic heterocycles. The van der Waals surface area contributed by atoms with Gasteiger partial charge in [-0.1, -0.05) is 54.6 Å². The molecule has 1 saturated heterocycles. The van der Waals surface area contributed by atoms with E-state index in [-0.39, 0.29) is 17.3 Å². The molecule has 0 N–H and O–H groups in total. The van der Waals surface area contributed by atoms with E-state index in [4.69, 9.17) is 0 Å². The number of benzene rings is 3. The summed E-state index contributed by atoms with van der Waals surface area (Å²) in [5.41, 5.74) is 1.86. The Kier molecular flexibility index (Phi) is 7.34. The molecule has 0 radical (unpaired) electrons. The Morgan fingerprint density at radius 1 is 0.882 bits per heavy atom. The van der Waals surface area contributed by atoms with Gasteiger partial charge in [-0.2, -0.15) is 0 Å². The zero-order chi connectivity index (χ0) is 24.1. The van der Waals surface area contributed by atoms with Crippen molar-refractivity contribution in [3.8, 4) is 0 Å². The van der Waals surface area contributed by atoms with Crippen LogP contribution in [0.2, 0.25) is 0 Å². The second kappa shape index (κ2) is 10.4. The predicted octanol–water partition coefficient (Wildman–Crippen LogP) is 4.25. The van der Waals surface area contributed by atoms with E-state index in [1.807, 2.05) is 53.4 Å². The quantitative estimate of drug-likeness (QED) is 0.511. The zero-order valence-electron chi connectivity index (χ0n) is 19.7. The summed E-state index contributed by atoms with van der Waals surface area (Å²) in [5.74, 6) is -0.122. The Balaban J connectivity index is 1.62. The first-order valence-corrected chi connectivity index (χ1v) is 13.0. The molecule has 1 amide bonds. The molecule has 3 aromatic carbocycles. The molecular formula is C27H31N3O3S. The summed E-state index contributed by atoms with van der Waals surface area (Å²) in [5, 5.41) is 0. The number of para-hydroxylation sites is 1. The normalized spacial score (nSPS) is 14.9. The number of likely N-dealkylation sites (tertiary alicyclic amines) is 1. The number of nitrogens with zero attached hydrogens (tertiary/aromatic N) is 3. The molecule has 1 aliphatic rings. The summed E-state index contributed by atoms with van der Waals surface area (Å²) >= 11 is 0. The zero-order valence-corrected chi connectivity index (χ0v) is 20.5. The summed E-state index contributed by atoms with van der Waals surface area (Å²) in [6.07, 6.45) is 1.82. The second-order valence-corrected chi connectivity index (χ2v) is 10.7. The monoisotopic (exact) mass is 477 g/mol. The molecule has 178 valence electrons. The number of amides is 1. The maximum Gasteiger partial charge on any atom is 0.264 e. The number of anilines is 1. The lowest BCUT2D eigenvalue weighted by atomic mass is 10.0. The highest BCUT2D eigenvalue weighted by molar-refractivity contribution is 7.92. The number of piperidine rings is 1. The van der Waals surface area contributed by atoms with Crippen molar-refractivity contribution in [1.82, 2.24) is 9.80 Å². The Hall–Kier alpha value is -3.16. The van der Waals surface area contributed by atoms with Crippen LogP contribution < -0.4 is 4.31 Å². The maximum atomic E-state index is 13.8. The first kappa shape index (κ1) is 24.0. The standard InChI is InChI=1S/C27H31N3O3S/c1-28(2)24-16-18-29(19-17-24)27(31)23-12-9-15-26(20-23)34(32,33)30(25-13-7-4-8-14-25)21-22-10-5-3-6-11-22/h3-15,20,24H,16-19,21H2,1-2H3. The minimum absolute atomic E-state index is 0.112. The molecule has 0 aromatic heterocycles. The van der Waals surface area contributed by atoms with Gasteiger partial charge < -0.3 is 9.80 Å². The van der Waals surface area contributed by atoms with E-state index < -0.39 is 10.0 Å². The predicted molar refractivity (Wildman–Crippen MR) is 135 cm³/mol. The maximum absolute atomic E-state index is 13.8. The van der Waals surface area contributed by atoms with Crippen LogP contribution in [-0.4, -0.2) is 57.4 Å². The lowest BCUT2D eigenvalue weighted by Crippen LogP contribution is -2.44. The van der Waals surface area contributed by atoms with Crippen molar-refractivity contribution in [3.63, 3.8) is 0 Å². The number of rotatable bonds is 7. The number of carbonyl (C=O) groups excluding carboxylic acids is 1. The number of carbonyl (C=O) groups is 1. The largest absolute Gasteiger partial charge is 0.339 e. The summed E-state index contributed by atoms with van der Waals surface area (Å²) in [4.78, 5) is 17.3. The van der Waals surface area contributed by atoms with Gasteiger partial charge in [0, 0.05) is 24.7 Å². The van der Waals surface area contributed by atoms with Crippen molar-refractivity contribution in [1.29, 1.82) is 0 Å². The van der Waals surface area contributed by atoms with E-state index in [9.17, 15) is 13.2 Å². The molecule has 4 rings (SSSR count). The summed E-state index contributed by atoms with van der Waals surface area (Å²) in [6.45, 7) is 1.54. The first-order valence-electron chi connectivity index (χ1n) is 11.5. The highest BCUT2D eigenvalue weighted by Gasteiger charge is 2.28. The first-order chi connectivity index (χ1) is 16.4. The third kappa shape index (κ3) is 5.32. The number of hydrogen-bond acceptors (Lipinski definition) is 4. The molecule has 3 aromatic rings. The van der Waals surface area contributed by atoms with Crippen LogP contribution >= 0.6 is 0 Å². The number of hydrogen-bond donors (Lipinski definition) is 0. The third-order valence-corrected chi connectivity index (χ3v) is 8.13. The van der Waals surface area contributed by atoms with Crippen LogP contribution in [-0.2, 0) is 16.6 Å². The molecule has 0 saturated carbocycles. The molecular weight excluding hydrogens is 446 g/mol. The topological polar surface area (TPSA) is 60.9 Å². The number of sulfonamides is 1. The Morgan fingerprint density at radius 2 is 1.50 bits per heavy atom. The minimum atomic E-state index is -3.90. The van der Waals surface area contributed by atoms with Gasteiger partial charge in [-0.05, 0) is 62.8 Å². The molecule has 34 heavy (non-hydrogen) atoms. The molecule has 0 aliphatic carbocycles. The second-order valence-electron chi connectivity index (χ2n) is 8.85. The van der Waals surface area contributed by atoms with Crippen LogP contribution in [0, 0.1) is 0 Å². The van der Waals surface area contributed by atoms with Gasteiger partial charge in [-0.25, -0.2) is 8.42 Å². The highest BCUT2D eigenvalue weighted by Crippen LogP contribution is 2.27. The van der Waals surface area contributed by atoms with E-state index in [1.54, 1.807) is 30.3 Å². The van der Waals surface area contributed by atoms with Gasteiger partial charge in [0.05, 0.1) is 17.1 Å². The van der Waals surface area contributed by atoms with E-state index in [0.29, 0.717) is 30.4 Å². The molecule has 0 bridgehead atoms. The Labute approximate surface area is 202 Å². The lowest BCUT2D eigenvalue weighted by molar-refractivity contribution is 0.0663. The van der Waals surface area contributed by atoms with E-state index in [0.717, 1.165) is 18.4 Å². The van der Waals surface area contributed by atoms with Gasteiger partial charge in [0.2, 0.25) is 0 Å². The van der Waals surface area contributed by atoms with Crippen molar-refractivity contribution >= 4 is 21.6 Å². The van der Waals surface area contributed by atoms with Crippen LogP contribution in [0.1, 0.15) is 28.8 Å².